The van der Waals surface area contributed by atoms with Gasteiger partial charge < -0.3 is 15.8 Å². The minimum Gasteiger partial charge on any atom is -0.484 e. The fourth-order valence-electron chi connectivity index (χ4n) is 1.84. The van der Waals surface area contributed by atoms with Crippen molar-refractivity contribution in [2.24, 2.45) is 5.73 Å². The van der Waals surface area contributed by atoms with Gasteiger partial charge in [-0.15, -0.1) is 0 Å². The molecule has 110 valence electrons. The van der Waals surface area contributed by atoms with Crippen LogP contribution in [0, 0.1) is 6.92 Å². The van der Waals surface area contributed by atoms with Gasteiger partial charge in [0.25, 0.3) is 5.91 Å². The SMILES string of the molecule is Cc1cc(CNc2ccc(OCC(N)=O)cc2)ccc1Br. The molecule has 0 aliphatic carbocycles. The van der Waals surface area contributed by atoms with Crippen molar-refractivity contribution in [1.82, 2.24) is 0 Å². The second kappa shape index (κ2) is 7.13. The highest BCUT2D eigenvalue weighted by Gasteiger charge is 2.00. The van der Waals surface area contributed by atoms with Gasteiger partial charge in [0.15, 0.2) is 6.61 Å². The van der Waals surface area contributed by atoms with Crippen molar-refractivity contribution in [2.75, 3.05) is 11.9 Å². The third-order valence-corrected chi connectivity index (χ3v) is 3.84. The number of rotatable bonds is 6. The largest absolute Gasteiger partial charge is 0.484 e. The van der Waals surface area contributed by atoms with E-state index < -0.39 is 5.91 Å². The van der Waals surface area contributed by atoms with Gasteiger partial charge in [-0.2, -0.15) is 0 Å². The zero-order valence-corrected chi connectivity index (χ0v) is 13.3. The van der Waals surface area contributed by atoms with E-state index in [1.165, 1.54) is 11.1 Å². The Morgan fingerprint density at radius 2 is 1.95 bits per heavy atom. The van der Waals surface area contributed by atoms with E-state index in [0.717, 1.165) is 16.7 Å². The van der Waals surface area contributed by atoms with E-state index in [1.807, 2.05) is 18.2 Å². The van der Waals surface area contributed by atoms with Crippen molar-refractivity contribution in [2.45, 2.75) is 13.5 Å². The van der Waals surface area contributed by atoms with Crippen LogP contribution in [0.2, 0.25) is 0 Å². The molecular weight excluding hydrogens is 332 g/mol. The maximum atomic E-state index is 10.6. The first-order valence-corrected chi connectivity index (χ1v) is 7.34. The predicted octanol–water partition coefficient (Wildman–Crippen LogP) is 3.23. The summed E-state index contributed by atoms with van der Waals surface area (Å²) in [5.74, 6) is 0.140. The Labute approximate surface area is 132 Å². The van der Waals surface area contributed by atoms with Gasteiger partial charge in [0, 0.05) is 16.7 Å². The molecule has 0 unspecified atom stereocenters. The fraction of sp³-hybridized carbons (Fsp3) is 0.188. The second-order valence-corrected chi connectivity index (χ2v) is 5.57. The van der Waals surface area contributed by atoms with Crippen LogP contribution in [0.1, 0.15) is 11.1 Å². The number of aryl methyl sites for hydroxylation is 1. The van der Waals surface area contributed by atoms with Gasteiger partial charge in [0.05, 0.1) is 0 Å². The summed E-state index contributed by atoms with van der Waals surface area (Å²) in [6.07, 6.45) is 0. The zero-order chi connectivity index (χ0) is 15.2. The molecule has 3 N–H and O–H groups in total. The van der Waals surface area contributed by atoms with Crippen LogP contribution < -0.4 is 15.8 Å². The van der Waals surface area contributed by atoms with Gasteiger partial charge in [-0.05, 0) is 48.4 Å². The van der Waals surface area contributed by atoms with Gasteiger partial charge in [-0.3, -0.25) is 4.79 Å². The Bertz CT molecular complexity index is 627. The van der Waals surface area contributed by atoms with Gasteiger partial charge in [0.2, 0.25) is 0 Å². The van der Waals surface area contributed by atoms with E-state index in [0.29, 0.717) is 5.75 Å². The Hall–Kier alpha value is -2.01. The molecule has 0 saturated carbocycles. The van der Waals surface area contributed by atoms with Crippen LogP contribution in [0.15, 0.2) is 46.9 Å². The smallest absolute Gasteiger partial charge is 0.255 e. The Kier molecular flexibility index (Phi) is 5.22. The molecule has 2 aromatic carbocycles. The molecule has 0 fully saturated rings. The number of nitrogens with one attached hydrogen (secondary N) is 1. The summed E-state index contributed by atoms with van der Waals surface area (Å²) in [5, 5.41) is 3.34. The van der Waals surface area contributed by atoms with Crippen LogP contribution in [0.25, 0.3) is 0 Å². The minimum atomic E-state index is -0.484. The standard InChI is InChI=1S/C16H17BrN2O2/c1-11-8-12(2-7-15(11)17)9-19-13-3-5-14(6-4-13)21-10-16(18)20/h2-8,19H,9-10H2,1H3,(H2,18,20). The third kappa shape index (κ3) is 4.79. The van der Waals surface area contributed by atoms with Crippen LogP contribution in [0.4, 0.5) is 5.69 Å². The third-order valence-electron chi connectivity index (χ3n) is 2.95. The molecular formula is C16H17BrN2O2. The lowest BCUT2D eigenvalue weighted by molar-refractivity contribution is -0.119. The second-order valence-electron chi connectivity index (χ2n) is 4.72. The van der Waals surface area contributed by atoms with Gasteiger partial charge >= 0.3 is 0 Å². The maximum Gasteiger partial charge on any atom is 0.255 e. The minimum absolute atomic E-state index is 0.106. The van der Waals surface area contributed by atoms with E-state index in [2.05, 4.69) is 40.3 Å². The van der Waals surface area contributed by atoms with E-state index >= 15 is 0 Å². The number of primary amides is 1. The predicted molar refractivity (Wildman–Crippen MR) is 87.3 cm³/mol. The molecule has 4 nitrogen and oxygen atoms in total. The molecule has 0 bridgehead atoms. The van der Waals surface area contributed by atoms with Gasteiger partial charge in [0.1, 0.15) is 5.75 Å². The number of carbonyl (C=O) groups excluding carboxylic acids is 1. The van der Waals surface area contributed by atoms with Crippen molar-refractivity contribution < 1.29 is 9.53 Å². The topological polar surface area (TPSA) is 64.3 Å². The fourth-order valence-corrected chi connectivity index (χ4v) is 2.09. The first-order chi connectivity index (χ1) is 10.0. The summed E-state index contributed by atoms with van der Waals surface area (Å²) in [5.41, 5.74) is 8.44. The summed E-state index contributed by atoms with van der Waals surface area (Å²) in [7, 11) is 0. The highest BCUT2D eigenvalue weighted by atomic mass is 79.9. The molecule has 0 atom stereocenters. The van der Waals surface area contributed by atoms with Crippen LogP contribution in [-0.2, 0) is 11.3 Å². The summed E-state index contributed by atoms with van der Waals surface area (Å²) >= 11 is 3.49. The van der Waals surface area contributed by atoms with Gasteiger partial charge in [-0.1, -0.05) is 28.1 Å². The van der Waals surface area contributed by atoms with E-state index in [9.17, 15) is 4.79 Å². The number of anilines is 1. The average Bonchev–Trinajstić information content (AvgIpc) is 2.47. The highest BCUT2D eigenvalue weighted by Crippen LogP contribution is 2.19. The average molecular weight is 349 g/mol. The maximum absolute atomic E-state index is 10.6. The Balaban J connectivity index is 1.91. The lowest BCUT2D eigenvalue weighted by Crippen LogP contribution is -2.19. The summed E-state index contributed by atoms with van der Waals surface area (Å²) in [4.78, 5) is 10.6. The molecule has 2 aromatic rings. The van der Waals surface area contributed by atoms with Crippen molar-refractivity contribution in [3.8, 4) is 5.75 Å². The summed E-state index contributed by atoms with van der Waals surface area (Å²) in [6, 6.07) is 13.7. The number of ether oxygens (including phenoxy) is 1. The number of benzene rings is 2. The molecule has 0 spiro atoms. The number of amides is 1. The Morgan fingerprint density at radius 1 is 1.24 bits per heavy atom. The number of nitrogens with two attached hydrogens (primary N) is 1. The van der Waals surface area contributed by atoms with Crippen molar-refractivity contribution in [3.05, 3.63) is 58.1 Å². The van der Waals surface area contributed by atoms with Crippen molar-refractivity contribution in [3.63, 3.8) is 0 Å². The van der Waals surface area contributed by atoms with Crippen LogP contribution in [0.5, 0.6) is 5.75 Å². The van der Waals surface area contributed by atoms with E-state index in [4.69, 9.17) is 10.5 Å². The van der Waals surface area contributed by atoms with Crippen molar-refractivity contribution in [1.29, 1.82) is 0 Å². The monoisotopic (exact) mass is 348 g/mol. The van der Waals surface area contributed by atoms with Crippen LogP contribution >= 0.6 is 15.9 Å². The number of carbonyl (C=O) groups is 1. The molecule has 2 rings (SSSR count). The highest BCUT2D eigenvalue weighted by molar-refractivity contribution is 9.10. The lowest BCUT2D eigenvalue weighted by atomic mass is 10.1. The molecule has 5 heteroatoms. The number of hydrogen-bond donors (Lipinski definition) is 2. The van der Waals surface area contributed by atoms with Crippen LogP contribution in [-0.4, -0.2) is 12.5 Å². The van der Waals surface area contributed by atoms with Gasteiger partial charge in [-0.25, -0.2) is 0 Å². The molecule has 0 heterocycles. The van der Waals surface area contributed by atoms with Crippen LogP contribution in [0.3, 0.4) is 0 Å². The quantitative estimate of drug-likeness (QED) is 0.842. The molecule has 1 amide bonds. The number of halogens is 1. The Morgan fingerprint density at radius 3 is 2.57 bits per heavy atom. The zero-order valence-electron chi connectivity index (χ0n) is 11.7. The molecule has 0 aliphatic rings. The molecule has 21 heavy (non-hydrogen) atoms. The first-order valence-electron chi connectivity index (χ1n) is 6.54. The van der Waals surface area contributed by atoms with Crippen molar-refractivity contribution >= 4 is 27.5 Å². The normalized spacial score (nSPS) is 10.2. The summed E-state index contributed by atoms with van der Waals surface area (Å²) < 4.78 is 6.32. The molecule has 0 aliphatic heterocycles. The number of hydrogen-bond acceptors (Lipinski definition) is 3. The molecule has 0 aromatic heterocycles. The molecule has 0 saturated heterocycles. The first kappa shape index (κ1) is 15.4. The van der Waals surface area contributed by atoms with E-state index in [-0.39, 0.29) is 6.61 Å². The van der Waals surface area contributed by atoms with E-state index in [1.54, 1.807) is 12.1 Å². The summed E-state index contributed by atoms with van der Waals surface area (Å²) in [6.45, 7) is 2.71. The lowest BCUT2D eigenvalue weighted by Gasteiger charge is -2.09. The molecule has 0 radical (unpaired) electrons.